The molecule has 7 heteroatoms. The van der Waals surface area contributed by atoms with E-state index < -0.39 is 0 Å². The van der Waals surface area contributed by atoms with Gasteiger partial charge in [0.1, 0.15) is 0 Å². The topological polar surface area (TPSA) is 61.8 Å². The summed E-state index contributed by atoms with van der Waals surface area (Å²) in [4.78, 5) is 12.6. The summed E-state index contributed by atoms with van der Waals surface area (Å²) in [5.74, 6) is 0.881. The monoisotopic (exact) mass is 365 g/mol. The van der Waals surface area contributed by atoms with Crippen molar-refractivity contribution < 1.29 is 4.74 Å². The van der Waals surface area contributed by atoms with Crippen molar-refractivity contribution in [1.82, 2.24) is 20.5 Å². The quantitative estimate of drug-likeness (QED) is 0.618. The first-order valence-electron chi connectivity index (χ1n) is 9.40. The fourth-order valence-corrected chi connectivity index (χ4v) is 4.70. The van der Waals surface area contributed by atoms with Gasteiger partial charge in [-0.15, -0.1) is 11.3 Å². The lowest BCUT2D eigenvalue weighted by Crippen LogP contribution is -2.60. The van der Waals surface area contributed by atoms with Gasteiger partial charge in [0.2, 0.25) is 0 Å². The van der Waals surface area contributed by atoms with Crippen LogP contribution in [-0.4, -0.2) is 61.3 Å². The van der Waals surface area contributed by atoms with Crippen molar-refractivity contribution in [3.63, 3.8) is 0 Å². The van der Waals surface area contributed by atoms with Crippen LogP contribution < -0.4 is 10.6 Å². The largest absolute Gasteiger partial charge is 0.379 e. The Morgan fingerprint density at radius 3 is 2.68 bits per heavy atom. The molecule has 1 saturated heterocycles. The molecule has 0 radical (unpaired) electrons. The number of aliphatic imine (C=N–C) groups is 1. The summed E-state index contributed by atoms with van der Waals surface area (Å²) in [5, 5.41) is 7.04. The molecule has 2 fully saturated rings. The average molecular weight is 366 g/mol. The highest BCUT2D eigenvalue weighted by atomic mass is 32.1. The summed E-state index contributed by atoms with van der Waals surface area (Å²) in [7, 11) is 1.84. The normalized spacial score (nSPS) is 21.9. The van der Waals surface area contributed by atoms with Crippen LogP contribution in [0.1, 0.15) is 42.7 Å². The zero-order valence-corrected chi connectivity index (χ0v) is 16.3. The van der Waals surface area contributed by atoms with Gasteiger partial charge in [-0.05, 0) is 19.8 Å². The van der Waals surface area contributed by atoms with Crippen molar-refractivity contribution >= 4 is 17.3 Å². The molecule has 1 aromatic rings. The molecule has 3 rings (SSSR count). The molecule has 2 heterocycles. The van der Waals surface area contributed by atoms with E-state index >= 15 is 0 Å². The van der Waals surface area contributed by atoms with Crippen molar-refractivity contribution in [2.45, 2.75) is 51.1 Å². The lowest BCUT2D eigenvalue weighted by atomic mass is 9.80. The maximum absolute atomic E-state index is 5.57. The lowest BCUT2D eigenvalue weighted by Gasteiger charge is -2.48. The maximum atomic E-state index is 5.57. The van der Waals surface area contributed by atoms with E-state index in [1.165, 1.54) is 37.0 Å². The second-order valence-corrected chi connectivity index (χ2v) is 7.96. The summed E-state index contributed by atoms with van der Waals surface area (Å²) in [6, 6.07) is 0. The molecule has 0 bridgehead atoms. The first kappa shape index (κ1) is 18.6. The fraction of sp³-hybridized carbons (Fsp3) is 0.778. The highest BCUT2D eigenvalue weighted by molar-refractivity contribution is 7.09. The molecule has 2 N–H and O–H groups in total. The number of rotatable bonds is 5. The number of hydrogen-bond acceptors (Lipinski definition) is 5. The third kappa shape index (κ3) is 4.71. The molecule has 1 aliphatic carbocycles. The second kappa shape index (κ2) is 8.96. The summed E-state index contributed by atoms with van der Waals surface area (Å²) in [6.07, 6.45) is 6.55. The first-order chi connectivity index (χ1) is 12.2. The molecule has 2 aliphatic rings. The van der Waals surface area contributed by atoms with E-state index in [9.17, 15) is 0 Å². The van der Waals surface area contributed by atoms with Gasteiger partial charge in [-0.1, -0.05) is 19.3 Å². The molecular weight excluding hydrogens is 334 g/mol. The average Bonchev–Trinajstić information content (AvgIpc) is 3.08. The Balaban J connectivity index is 1.58. The number of guanidine groups is 1. The van der Waals surface area contributed by atoms with Gasteiger partial charge >= 0.3 is 0 Å². The smallest absolute Gasteiger partial charge is 0.191 e. The SMILES string of the molecule is CN=C(NCc1scnc1C)NCC1(N2CCOCC2)CCCCC1. The van der Waals surface area contributed by atoms with Gasteiger partial charge in [0.05, 0.1) is 31.0 Å². The Morgan fingerprint density at radius 2 is 2.04 bits per heavy atom. The van der Waals surface area contributed by atoms with E-state index in [1.54, 1.807) is 11.3 Å². The molecule has 0 amide bonds. The molecule has 0 aromatic carbocycles. The molecule has 0 atom stereocenters. The summed E-state index contributed by atoms with van der Waals surface area (Å²) >= 11 is 1.69. The van der Waals surface area contributed by atoms with Crippen LogP contribution in [0.15, 0.2) is 10.5 Å². The van der Waals surface area contributed by atoms with Gasteiger partial charge in [-0.25, -0.2) is 4.98 Å². The van der Waals surface area contributed by atoms with Gasteiger partial charge in [0.15, 0.2) is 5.96 Å². The number of aromatic nitrogens is 1. The molecule has 6 nitrogen and oxygen atoms in total. The van der Waals surface area contributed by atoms with Crippen molar-refractivity contribution in [1.29, 1.82) is 0 Å². The van der Waals surface area contributed by atoms with Crippen LogP contribution in [0, 0.1) is 6.92 Å². The van der Waals surface area contributed by atoms with E-state index in [1.807, 2.05) is 12.6 Å². The van der Waals surface area contributed by atoms with Crippen molar-refractivity contribution in [2.75, 3.05) is 39.9 Å². The van der Waals surface area contributed by atoms with E-state index in [2.05, 4.69) is 32.4 Å². The first-order valence-corrected chi connectivity index (χ1v) is 10.3. The highest BCUT2D eigenvalue weighted by Gasteiger charge is 2.38. The van der Waals surface area contributed by atoms with Crippen LogP contribution in [0.25, 0.3) is 0 Å². The predicted molar refractivity (Wildman–Crippen MR) is 103 cm³/mol. The van der Waals surface area contributed by atoms with Crippen LogP contribution in [0.5, 0.6) is 0 Å². The fourth-order valence-electron chi connectivity index (χ4n) is 3.98. The zero-order chi connectivity index (χ0) is 17.5. The van der Waals surface area contributed by atoms with Crippen LogP contribution in [0.3, 0.4) is 0 Å². The Labute approximate surface area is 155 Å². The van der Waals surface area contributed by atoms with Crippen LogP contribution in [-0.2, 0) is 11.3 Å². The third-order valence-corrected chi connectivity index (χ3v) is 6.47. The highest BCUT2D eigenvalue weighted by Crippen LogP contribution is 2.33. The van der Waals surface area contributed by atoms with Crippen LogP contribution in [0.4, 0.5) is 0 Å². The Morgan fingerprint density at radius 1 is 1.28 bits per heavy atom. The molecule has 140 valence electrons. The lowest BCUT2D eigenvalue weighted by molar-refractivity contribution is -0.0352. The van der Waals surface area contributed by atoms with Gasteiger partial charge in [0.25, 0.3) is 0 Å². The molecule has 1 saturated carbocycles. The van der Waals surface area contributed by atoms with E-state index in [-0.39, 0.29) is 5.54 Å². The summed E-state index contributed by atoms with van der Waals surface area (Å²) in [6.45, 7) is 7.61. The zero-order valence-electron chi connectivity index (χ0n) is 15.5. The summed E-state index contributed by atoms with van der Waals surface area (Å²) < 4.78 is 5.57. The minimum atomic E-state index is 0.250. The van der Waals surface area contributed by atoms with Crippen molar-refractivity contribution in [3.05, 3.63) is 16.1 Å². The summed E-state index contributed by atoms with van der Waals surface area (Å²) in [5.41, 5.74) is 3.25. The number of morpholine rings is 1. The number of ether oxygens (including phenoxy) is 1. The third-order valence-electron chi connectivity index (χ3n) is 5.54. The standard InChI is InChI=1S/C18H31N5OS/c1-15-16(25-14-22-15)12-20-17(19-2)21-13-18(6-4-3-5-7-18)23-8-10-24-11-9-23/h14H,3-13H2,1-2H3,(H2,19,20,21). The number of nitrogens with one attached hydrogen (secondary N) is 2. The van der Waals surface area contributed by atoms with E-state index in [4.69, 9.17) is 4.74 Å². The number of thiazole rings is 1. The predicted octanol–water partition coefficient (Wildman–Crippen LogP) is 2.15. The molecule has 0 spiro atoms. The number of hydrogen-bond donors (Lipinski definition) is 2. The molecule has 1 aliphatic heterocycles. The minimum Gasteiger partial charge on any atom is -0.379 e. The molecule has 0 unspecified atom stereocenters. The Bertz CT molecular complexity index is 562. The molecule has 25 heavy (non-hydrogen) atoms. The van der Waals surface area contributed by atoms with Crippen LogP contribution >= 0.6 is 11.3 Å². The van der Waals surface area contributed by atoms with Gasteiger partial charge in [-0.2, -0.15) is 0 Å². The number of nitrogens with zero attached hydrogens (tertiary/aromatic N) is 3. The van der Waals surface area contributed by atoms with Crippen molar-refractivity contribution in [3.8, 4) is 0 Å². The van der Waals surface area contributed by atoms with Gasteiger partial charge in [0, 0.05) is 37.1 Å². The minimum absolute atomic E-state index is 0.250. The Hall–Kier alpha value is -1.18. The Kier molecular flexibility index (Phi) is 6.67. The molecule has 1 aromatic heterocycles. The number of aryl methyl sites for hydroxylation is 1. The van der Waals surface area contributed by atoms with E-state index in [0.29, 0.717) is 0 Å². The van der Waals surface area contributed by atoms with Gasteiger partial charge in [-0.3, -0.25) is 9.89 Å². The van der Waals surface area contributed by atoms with E-state index in [0.717, 1.165) is 51.0 Å². The van der Waals surface area contributed by atoms with Crippen LogP contribution in [0.2, 0.25) is 0 Å². The van der Waals surface area contributed by atoms with Crippen molar-refractivity contribution in [2.24, 2.45) is 4.99 Å². The van der Waals surface area contributed by atoms with Gasteiger partial charge < -0.3 is 15.4 Å². The molecular formula is C18H31N5OS. The maximum Gasteiger partial charge on any atom is 0.191 e. The second-order valence-electron chi connectivity index (χ2n) is 7.02.